The molecule has 12 heteroatoms. The van der Waals surface area contributed by atoms with Crippen LogP contribution in [0.2, 0.25) is 10.0 Å². The predicted molar refractivity (Wildman–Crippen MR) is 130 cm³/mol. The van der Waals surface area contributed by atoms with Crippen LogP contribution >= 0.6 is 34.5 Å². The molecule has 3 amide bonds. The topological polar surface area (TPSA) is 104 Å². The van der Waals surface area contributed by atoms with Crippen molar-refractivity contribution in [3.63, 3.8) is 0 Å². The molecule has 0 aliphatic rings. The largest absolute Gasteiger partial charge is 0.383 e. The molecule has 0 spiro atoms. The fourth-order valence-corrected chi connectivity index (χ4v) is 3.71. The van der Waals surface area contributed by atoms with Gasteiger partial charge in [0.2, 0.25) is 11.8 Å². The Hall–Kier alpha value is -2.24. The van der Waals surface area contributed by atoms with Gasteiger partial charge in [0, 0.05) is 37.7 Å². The summed E-state index contributed by atoms with van der Waals surface area (Å²) in [6.45, 7) is 1.54. The van der Waals surface area contributed by atoms with Gasteiger partial charge in [0.25, 0.3) is 5.91 Å². The third-order valence-electron chi connectivity index (χ3n) is 4.37. The van der Waals surface area contributed by atoms with E-state index in [0.717, 1.165) is 6.54 Å². The molecule has 0 unspecified atom stereocenters. The highest BCUT2D eigenvalue weighted by Gasteiger charge is 2.20. The molecule has 0 atom stereocenters. The number of hydrogen-bond acceptors (Lipinski definition) is 7. The number of likely N-dealkylation sites (N-methyl/N-ethyl adjacent to an activating group) is 1. The fourth-order valence-electron chi connectivity index (χ4n) is 2.69. The number of ether oxygens (including phenoxy) is 1. The molecule has 0 saturated heterocycles. The molecule has 0 bridgehead atoms. The smallest absolute Gasteiger partial charge is 0.254 e. The predicted octanol–water partition coefficient (Wildman–Crippen LogP) is 2.40. The van der Waals surface area contributed by atoms with Crippen molar-refractivity contribution in [2.24, 2.45) is 0 Å². The first-order chi connectivity index (χ1) is 15.7. The summed E-state index contributed by atoms with van der Waals surface area (Å²) in [5.41, 5.74) is 0.867. The summed E-state index contributed by atoms with van der Waals surface area (Å²) in [6, 6.07) is 4.53. The monoisotopic (exact) mass is 515 g/mol. The second-order valence-corrected chi connectivity index (χ2v) is 9.04. The van der Waals surface area contributed by atoms with Crippen molar-refractivity contribution in [1.82, 2.24) is 20.1 Å². The van der Waals surface area contributed by atoms with E-state index in [9.17, 15) is 14.4 Å². The first-order valence-corrected chi connectivity index (χ1v) is 11.7. The number of amides is 3. The number of hydrogen-bond donors (Lipinski definition) is 2. The summed E-state index contributed by atoms with van der Waals surface area (Å²) >= 11 is 13.1. The van der Waals surface area contributed by atoms with E-state index in [0.29, 0.717) is 28.0 Å². The highest BCUT2D eigenvalue weighted by molar-refractivity contribution is 7.13. The molecule has 2 N–H and O–H groups in total. The molecular weight excluding hydrogens is 489 g/mol. The van der Waals surface area contributed by atoms with Crippen LogP contribution in [0.1, 0.15) is 16.1 Å². The number of benzene rings is 1. The van der Waals surface area contributed by atoms with Crippen molar-refractivity contribution < 1.29 is 19.1 Å². The molecule has 0 aliphatic carbocycles. The Labute approximate surface area is 207 Å². The van der Waals surface area contributed by atoms with Gasteiger partial charge in [0.15, 0.2) is 5.13 Å². The van der Waals surface area contributed by atoms with Crippen LogP contribution in [0, 0.1) is 0 Å². The van der Waals surface area contributed by atoms with Crippen LogP contribution in [0.25, 0.3) is 0 Å². The Bertz CT molecular complexity index is 970. The summed E-state index contributed by atoms with van der Waals surface area (Å²) in [5.74, 6) is -0.941. The first-order valence-electron chi connectivity index (χ1n) is 10.1. The van der Waals surface area contributed by atoms with Crippen molar-refractivity contribution in [2.45, 2.75) is 6.42 Å². The average Bonchev–Trinajstić information content (AvgIpc) is 3.18. The van der Waals surface area contributed by atoms with Crippen LogP contribution in [0.4, 0.5) is 5.13 Å². The fraction of sp³-hybridized carbons (Fsp3) is 0.429. The zero-order valence-corrected chi connectivity index (χ0v) is 21.0. The Kier molecular flexibility index (Phi) is 11.0. The Morgan fingerprint density at radius 2 is 1.88 bits per heavy atom. The lowest BCUT2D eigenvalue weighted by Gasteiger charge is -2.22. The second kappa shape index (κ2) is 13.5. The average molecular weight is 516 g/mol. The van der Waals surface area contributed by atoms with Gasteiger partial charge in [-0.05, 0) is 32.3 Å². The number of anilines is 1. The standard InChI is InChI=1S/C21H27Cl2N5O4S/c1-27(2)7-6-24-18(29)11-15-13-33-21(25-15)26-19(30)12-28(8-9-32-3)20(31)14-4-5-16(22)17(23)10-14/h4-5,10,13H,6-9,11-12H2,1-3H3,(H,24,29)(H,25,26,30). The third kappa shape index (κ3) is 9.26. The van der Waals surface area contributed by atoms with E-state index in [1.54, 1.807) is 11.4 Å². The lowest BCUT2D eigenvalue weighted by molar-refractivity contribution is -0.120. The van der Waals surface area contributed by atoms with Gasteiger partial charge < -0.3 is 25.2 Å². The van der Waals surface area contributed by atoms with Crippen molar-refractivity contribution >= 4 is 57.4 Å². The molecule has 1 heterocycles. The lowest BCUT2D eigenvalue weighted by atomic mass is 10.2. The van der Waals surface area contributed by atoms with Crippen molar-refractivity contribution in [3.05, 3.63) is 44.9 Å². The quantitative estimate of drug-likeness (QED) is 0.449. The molecule has 9 nitrogen and oxygen atoms in total. The molecule has 33 heavy (non-hydrogen) atoms. The van der Waals surface area contributed by atoms with Crippen LogP contribution in [-0.2, 0) is 20.7 Å². The SMILES string of the molecule is COCCN(CC(=O)Nc1nc(CC(=O)NCCN(C)C)cs1)C(=O)c1ccc(Cl)c(Cl)c1. The number of methoxy groups -OCH3 is 1. The van der Waals surface area contributed by atoms with Gasteiger partial charge >= 0.3 is 0 Å². The van der Waals surface area contributed by atoms with Gasteiger partial charge in [-0.1, -0.05) is 23.2 Å². The summed E-state index contributed by atoms with van der Waals surface area (Å²) < 4.78 is 5.06. The molecule has 0 radical (unpaired) electrons. The van der Waals surface area contributed by atoms with Gasteiger partial charge in [0.1, 0.15) is 6.54 Å². The summed E-state index contributed by atoms with van der Waals surface area (Å²) in [7, 11) is 5.36. The van der Waals surface area contributed by atoms with Crippen molar-refractivity contribution in [1.29, 1.82) is 0 Å². The maximum atomic E-state index is 12.9. The van der Waals surface area contributed by atoms with E-state index in [1.165, 1.54) is 35.5 Å². The highest BCUT2D eigenvalue weighted by atomic mass is 35.5. The third-order valence-corrected chi connectivity index (χ3v) is 5.92. The van der Waals surface area contributed by atoms with E-state index in [4.69, 9.17) is 27.9 Å². The number of thiazole rings is 1. The Morgan fingerprint density at radius 1 is 1.12 bits per heavy atom. The molecule has 2 aromatic rings. The second-order valence-electron chi connectivity index (χ2n) is 7.37. The van der Waals surface area contributed by atoms with E-state index >= 15 is 0 Å². The Morgan fingerprint density at radius 3 is 2.55 bits per heavy atom. The summed E-state index contributed by atoms with van der Waals surface area (Å²) in [5, 5.41) is 8.14. The van der Waals surface area contributed by atoms with Gasteiger partial charge in [0.05, 0.1) is 28.8 Å². The van der Waals surface area contributed by atoms with Crippen LogP contribution in [0.5, 0.6) is 0 Å². The van der Waals surface area contributed by atoms with E-state index in [1.807, 2.05) is 19.0 Å². The molecule has 180 valence electrons. The minimum absolute atomic E-state index is 0.121. The number of carbonyl (C=O) groups is 3. The number of aromatic nitrogens is 1. The number of rotatable bonds is 12. The van der Waals surface area contributed by atoms with Crippen molar-refractivity contribution in [3.8, 4) is 0 Å². The number of nitrogens with zero attached hydrogens (tertiary/aromatic N) is 3. The molecule has 1 aromatic carbocycles. The zero-order valence-electron chi connectivity index (χ0n) is 18.7. The molecule has 0 aliphatic heterocycles. The van der Waals surface area contributed by atoms with Crippen molar-refractivity contribution in [2.75, 3.05) is 59.3 Å². The van der Waals surface area contributed by atoms with Gasteiger partial charge in [-0.2, -0.15) is 0 Å². The van der Waals surface area contributed by atoms with Gasteiger partial charge in [-0.3, -0.25) is 14.4 Å². The number of nitrogens with one attached hydrogen (secondary N) is 2. The zero-order chi connectivity index (χ0) is 24.4. The van der Waals surface area contributed by atoms with Gasteiger partial charge in [-0.15, -0.1) is 11.3 Å². The summed E-state index contributed by atoms with van der Waals surface area (Å²) in [6.07, 6.45) is 0.121. The van der Waals surface area contributed by atoms with Crippen LogP contribution < -0.4 is 10.6 Å². The maximum absolute atomic E-state index is 12.9. The van der Waals surface area contributed by atoms with E-state index in [2.05, 4.69) is 15.6 Å². The Balaban J connectivity index is 1.95. The normalized spacial score (nSPS) is 10.8. The van der Waals surface area contributed by atoms with Gasteiger partial charge in [-0.25, -0.2) is 4.98 Å². The molecule has 0 saturated carbocycles. The molecule has 0 fully saturated rings. The minimum atomic E-state index is -0.421. The maximum Gasteiger partial charge on any atom is 0.254 e. The van der Waals surface area contributed by atoms with Crippen LogP contribution in [0.15, 0.2) is 23.6 Å². The number of halogens is 2. The minimum Gasteiger partial charge on any atom is -0.383 e. The highest BCUT2D eigenvalue weighted by Crippen LogP contribution is 2.23. The van der Waals surface area contributed by atoms with E-state index < -0.39 is 5.91 Å². The van der Waals surface area contributed by atoms with Crippen LogP contribution in [-0.4, -0.2) is 86.5 Å². The molecule has 1 aromatic heterocycles. The lowest BCUT2D eigenvalue weighted by Crippen LogP contribution is -2.40. The molecular formula is C21H27Cl2N5O4S. The van der Waals surface area contributed by atoms with E-state index in [-0.39, 0.29) is 43.0 Å². The molecule has 2 rings (SSSR count). The number of carbonyl (C=O) groups excluding carboxylic acids is 3. The first kappa shape index (κ1) is 27.0. The van der Waals surface area contributed by atoms with Crippen LogP contribution in [0.3, 0.4) is 0 Å². The summed E-state index contributed by atoms with van der Waals surface area (Å²) in [4.78, 5) is 45.1.